The number of hydrogen-bond acceptors (Lipinski definition) is 5. The van der Waals surface area contributed by atoms with E-state index >= 15 is 0 Å². The zero-order chi connectivity index (χ0) is 19.8. The Morgan fingerprint density at radius 1 is 1.15 bits per heavy atom. The highest BCUT2D eigenvalue weighted by molar-refractivity contribution is 5.76. The van der Waals surface area contributed by atoms with Crippen molar-refractivity contribution < 1.29 is 9.53 Å². The van der Waals surface area contributed by atoms with E-state index in [-0.39, 0.29) is 36.1 Å². The van der Waals surface area contributed by atoms with Crippen molar-refractivity contribution in [3.8, 4) is 17.1 Å². The van der Waals surface area contributed by atoms with Gasteiger partial charge in [-0.15, -0.1) is 10.2 Å². The van der Waals surface area contributed by atoms with E-state index in [1.54, 1.807) is 0 Å². The molecule has 0 spiro atoms. The highest BCUT2D eigenvalue weighted by Crippen LogP contribution is 2.19. The van der Waals surface area contributed by atoms with Crippen LogP contribution >= 0.6 is 0 Å². The van der Waals surface area contributed by atoms with Crippen LogP contribution in [0.25, 0.3) is 11.4 Å². The fourth-order valence-electron chi connectivity index (χ4n) is 2.44. The first-order valence-electron chi connectivity index (χ1n) is 9.34. The summed E-state index contributed by atoms with van der Waals surface area (Å²) in [5.41, 5.74) is 0.684. The van der Waals surface area contributed by atoms with E-state index < -0.39 is 0 Å². The van der Waals surface area contributed by atoms with Gasteiger partial charge in [-0.05, 0) is 50.5 Å². The van der Waals surface area contributed by atoms with E-state index in [1.165, 1.54) is 0 Å². The lowest BCUT2D eigenvalue weighted by Gasteiger charge is -2.09. The quantitative estimate of drug-likeness (QED) is 0.705. The van der Waals surface area contributed by atoms with E-state index in [0.29, 0.717) is 18.3 Å². The SMILES string of the molecule is CC(C)CCNC(=O)CCc1nnc(-c2ccc(OC(C)C)cc2)[nH]c1=O. The van der Waals surface area contributed by atoms with Crippen molar-refractivity contribution in [2.75, 3.05) is 6.54 Å². The Morgan fingerprint density at radius 2 is 1.85 bits per heavy atom. The molecule has 0 aliphatic heterocycles. The lowest BCUT2D eigenvalue weighted by atomic mass is 10.1. The van der Waals surface area contributed by atoms with Gasteiger partial charge >= 0.3 is 0 Å². The van der Waals surface area contributed by atoms with Gasteiger partial charge in [0, 0.05) is 24.9 Å². The molecule has 2 N–H and O–H groups in total. The number of nitrogens with one attached hydrogen (secondary N) is 2. The Kier molecular flexibility index (Phi) is 7.52. The minimum atomic E-state index is -0.322. The molecule has 0 bridgehead atoms. The van der Waals surface area contributed by atoms with E-state index in [1.807, 2.05) is 38.1 Å². The minimum Gasteiger partial charge on any atom is -0.491 e. The lowest BCUT2D eigenvalue weighted by Crippen LogP contribution is -2.27. The molecule has 0 radical (unpaired) electrons. The monoisotopic (exact) mass is 372 g/mol. The molecule has 0 fully saturated rings. The molecule has 1 aromatic heterocycles. The number of aryl methyl sites for hydroxylation is 1. The fraction of sp³-hybridized carbons (Fsp3) is 0.500. The number of rotatable bonds is 9. The number of aromatic amines is 1. The summed E-state index contributed by atoms with van der Waals surface area (Å²) in [5, 5.41) is 10.9. The molecule has 0 aliphatic rings. The molecule has 0 saturated carbocycles. The maximum atomic E-state index is 12.2. The molecule has 2 aromatic rings. The smallest absolute Gasteiger partial charge is 0.273 e. The first-order valence-corrected chi connectivity index (χ1v) is 9.34. The van der Waals surface area contributed by atoms with Gasteiger partial charge in [0.15, 0.2) is 5.82 Å². The van der Waals surface area contributed by atoms with Gasteiger partial charge in [0.1, 0.15) is 11.4 Å². The van der Waals surface area contributed by atoms with Crippen LogP contribution in [0, 0.1) is 5.92 Å². The molecule has 0 unspecified atom stereocenters. The molecule has 0 aliphatic carbocycles. The van der Waals surface area contributed by atoms with Gasteiger partial charge in [-0.2, -0.15) is 0 Å². The standard InChI is InChI=1S/C20H28N4O3/c1-13(2)11-12-21-18(25)10-9-17-20(26)22-19(24-23-17)15-5-7-16(8-6-15)27-14(3)4/h5-8,13-14H,9-12H2,1-4H3,(H,21,25)(H,22,24,26). The zero-order valence-electron chi connectivity index (χ0n) is 16.4. The maximum absolute atomic E-state index is 12.2. The van der Waals surface area contributed by atoms with Crippen molar-refractivity contribution in [2.24, 2.45) is 5.92 Å². The first kappa shape index (κ1) is 20.6. The van der Waals surface area contributed by atoms with Crippen LogP contribution in [-0.2, 0) is 11.2 Å². The predicted octanol–water partition coefficient (Wildman–Crippen LogP) is 2.71. The number of H-pyrrole nitrogens is 1. The first-order chi connectivity index (χ1) is 12.8. The van der Waals surface area contributed by atoms with Crippen molar-refractivity contribution in [1.29, 1.82) is 0 Å². The van der Waals surface area contributed by atoms with Crippen LogP contribution in [0.4, 0.5) is 0 Å². The summed E-state index contributed by atoms with van der Waals surface area (Å²) in [6.45, 7) is 8.77. The van der Waals surface area contributed by atoms with Gasteiger partial charge in [0.05, 0.1) is 6.10 Å². The molecular formula is C20H28N4O3. The highest BCUT2D eigenvalue weighted by Gasteiger charge is 2.10. The van der Waals surface area contributed by atoms with Gasteiger partial charge in [0.25, 0.3) is 5.56 Å². The van der Waals surface area contributed by atoms with Gasteiger partial charge in [0.2, 0.25) is 5.91 Å². The lowest BCUT2D eigenvalue weighted by molar-refractivity contribution is -0.121. The summed E-state index contributed by atoms with van der Waals surface area (Å²) in [4.78, 5) is 26.8. The summed E-state index contributed by atoms with van der Waals surface area (Å²) in [6, 6.07) is 7.29. The summed E-state index contributed by atoms with van der Waals surface area (Å²) < 4.78 is 5.60. The Morgan fingerprint density at radius 3 is 2.44 bits per heavy atom. The Balaban J connectivity index is 1.95. The van der Waals surface area contributed by atoms with Crippen LogP contribution in [0.2, 0.25) is 0 Å². The fourth-order valence-corrected chi connectivity index (χ4v) is 2.44. The molecule has 1 amide bonds. The minimum absolute atomic E-state index is 0.0818. The van der Waals surface area contributed by atoms with E-state index in [0.717, 1.165) is 17.7 Å². The van der Waals surface area contributed by atoms with Crippen molar-refractivity contribution >= 4 is 5.91 Å². The normalized spacial score (nSPS) is 11.0. The summed E-state index contributed by atoms with van der Waals surface area (Å²) in [5.74, 6) is 1.60. The number of carbonyl (C=O) groups excluding carboxylic acids is 1. The second-order valence-electron chi connectivity index (χ2n) is 7.17. The van der Waals surface area contributed by atoms with Gasteiger partial charge in [-0.3, -0.25) is 9.59 Å². The molecule has 0 atom stereocenters. The molecule has 146 valence electrons. The van der Waals surface area contributed by atoms with Crippen molar-refractivity contribution in [3.05, 3.63) is 40.3 Å². The summed E-state index contributed by atoms with van der Waals surface area (Å²) in [7, 11) is 0. The van der Waals surface area contributed by atoms with E-state index in [2.05, 4.69) is 34.3 Å². The third-order valence-electron chi connectivity index (χ3n) is 3.90. The van der Waals surface area contributed by atoms with Crippen LogP contribution in [0.3, 0.4) is 0 Å². The average Bonchev–Trinajstić information content (AvgIpc) is 2.60. The molecule has 27 heavy (non-hydrogen) atoms. The second-order valence-corrected chi connectivity index (χ2v) is 7.17. The van der Waals surface area contributed by atoms with E-state index in [4.69, 9.17) is 4.74 Å². The Hall–Kier alpha value is -2.70. The van der Waals surface area contributed by atoms with Gasteiger partial charge < -0.3 is 15.0 Å². The second kappa shape index (κ2) is 9.85. The van der Waals surface area contributed by atoms with Crippen LogP contribution < -0.4 is 15.6 Å². The van der Waals surface area contributed by atoms with Crippen LogP contribution in [0.5, 0.6) is 5.75 Å². The number of benzene rings is 1. The van der Waals surface area contributed by atoms with Gasteiger partial charge in [-0.1, -0.05) is 13.8 Å². The Labute approximate surface area is 159 Å². The third-order valence-corrected chi connectivity index (χ3v) is 3.90. The largest absolute Gasteiger partial charge is 0.491 e. The molecule has 1 aromatic carbocycles. The Bertz CT molecular complexity index is 798. The summed E-state index contributed by atoms with van der Waals surface area (Å²) in [6.07, 6.45) is 1.51. The van der Waals surface area contributed by atoms with Crippen LogP contribution in [0.1, 0.15) is 46.2 Å². The van der Waals surface area contributed by atoms with Gasteiger partial charge in [-0.25, -0.2) is 0 Å². The molecule has 7 nitrogen and oxygen atoms in total. The molecule has 0 saturated heterocycles. The van der Waals surface area contributed by atoms with Crippen LogP contribution in [0.15, 0.2) is 29.1 Å². The topological polar surface area (TPSA) is 97.0 Å². The molecule has 1 heterocycles. The number of aromatic nitrogens is 3. The number of carbonyl (C=O) groups is 1. The highest BCUT2D eigenvalue weighted by atomic mass is 16.5. The number of hydrogen-bond donors (Lipinski definition) is 2. The molecule has 2 rings (SSSR count). The van der Waals surface area contributed by atoms with E-state index in [9.17, 15) is 9.59 Å². The number of nitrogens with zero attached hydrogens (tertiary/aromatic N) is 2. The molecular weight excluding hydrogens is 344 g/mol. The number of ether oxygens (including phenoxy) is 1. The zero-order valence-corrected chi connectivity index (χ0v) is 16.4. The van der Waals surface area contributed by atoms with Crippen LogP contribution in [-0.4, -0.2) is 33.7 Å². The van der Waals surface area contributed by atoms with Crippen molar-refractivity contribution in [3.63, 3.8) is 0 Å². The number of amides is 1. The average molecular weight is 372 g/mol. The van der Waals surface area contributed by atoms with Crippen molar-refractivity contribution in [1.82, 2.24) is 20.5 Å². The third kappa shape index (κ3) is 6.84. The van der Waals surface area contributed by atoms with Crippen molar-refractivity contribution in [2.45, 2.75) is 53.1 Å². The predicted molar refractivity (Wildman–Crippen MR) is 105 cm³/mol. The molecule has 7 heteroatoms. The maximum Gasteiger partial charge on any atom is 0.273 e. The summed E-state index contributed by atoms with van der Waals surface area (Å²) >= 11 is 0.